The second-order valence-electron chi connectivity index (χ2n) is 7.31. The molecule has 0 unspecified atom stereocenters. The average Bonchev–Trinajstić information content (AvgIpc) is 3.27. The fourth-order valence-electron chi connectivity index (χ4n) is 3.75. The summed E-state index contributed by atoms with van der Waals surface area (Å²) in [6, 6.07) is 8.67. The zero-order valence-corrected chi connectivity index (χ0v) is 17.8. The minimum Gasteiger partial charge on any atom is -0.340 e. The van der Waals surface area contributed by atoms with Gasteiger partial charge in [0, 0.05) is 41.8 Å². The summed E-state index contributed by atoms with van der Waals surface area (Å²) in [6.45, 7) is 4.03. The summed E-state index contributed by atoms with van der Waals surface area (Å²) in [4.78, 5) is 31.3. The van der Waals surface area contributed by atoms with Gasteiger partial charge in [0.1, 0.15) is 6.04 Å². The van der Waals surface area contributed by atoms with Crippen LogP contribution in [-0.4, -0.2) is 64.8 Å². The largest absolute Gasteiger partial charge is 0.340 e. The number of aromatic nitrogens is 1. The number of benzene rings is 1. The lowest BCUT2D eigenvalue weighted by Crippen LogP contribution is -2.63. The van der Waals surface area contributed by atoms with Crippen LogP contribution in [0.2, 0.25) is 5.02 Å². The van der Waals surface area contributed by atoms with Crippen molar-refractivity contribution in [3.05, 3.63) is 52.3 Å². The maximum atomic E-state index is 12.3. The van der Waals surface area contributed by atoms with E-state index in [1.807, 2.05) is 44.2 Å². The normalized spacial score (nSPS) is 21.2. The quantitative estimate of drug-likeness (QED) is 0.577. The van der Waals surface area contributed by atoms with Crippen molar-refractivity contribution in [2.45, 2.75) is 26.1 Å². The van der Waals surface area contributed by atoms with E-state index in [9.17, 15) is 9.59 Å². The van der Waals surface area contributed by atoms with E-state index in [1.165, 1.54) is 11.9 Å². The number of nitrogens with one attached hydrogen (secondary N) is 2. The van der Waals surface area contributed by atoms with Crippen LogP contribution in [0, 0.1) is 13.8 Å². The van der Waals surface area contributed by atoms with Gasteiger partial charge < -0.3 is 14.8 Å². The number of fused-ring (bicyclic) bond motifs is 1. The molecule has 30 heavy (non-hydrogen) atoms. The monoisotopic (exact) mass is 427 g/mol. The number of imide groups is 1. The Labute approximate surface area is 179 Å². The number of hydrogen-bond donors (Lipinski definition) is 2. The highest BCUT2D eigenvalue weighted by Gasteiger charge is 2.46. The maximum absolute atomic E-state index is 12.3. The van der Waals surface area contributed by atoms with Crippen molar-refractivity contribution in [1.29, 1.82) is 0 Å². The van der Waals surface area contributed by atoms with Gasteiger partial charge in [0.2, 0.25) is 5.96 Å². The number of urea groups is 1. The third-order valence-corrected chi connectivity index (χ3v) is 5.62. The molecule has 0 saturated carbocycles. The predicted molar refractivity (Wildman–Crippen MR) is 115 cm³/mol. The summed E-state index contributed by atoms with van der Waals surface area (Å²) in [7, 11) is 3.07. The molecule has 1 saturated heterocycles. The number of guanidine groups is 1. The van der Waals surface area contributed by atoms with Crippen LogP contribution < -0.4 is 10.7 Å². The lowest BCUT2D eigenvalue weighted by atomic mass is 10.1. The molecule has 0 aliphatic carbocycles. The molecule has 3 amide bonds. The third kappa shape index (κ3) is 3.30. The number of aliphatic imine (C=N–C) groups is 1. The number of likely N-dealkylation sites (N-methyl/N-ethyl adjacent to an activating group) is 2. The van der Waals surface area contributed by atoms with Crippen molar-refractivity contribution in [3.63, 3.8) is 0 Å². The molecule has 10 heteroatoms. The molecule has 9 nitrogen and oxygen atoms in total. The Bertz CT molecular complexity index is 1070. The Kier molecular flexibility index (Phi) is 4.98. The Morgan fingerprint density at radius 1 is 1.20 bits per heavy atom. The molecule has 2 N–H and O–H groups in total. The summed E-state index contributed by atoms with van der Waals surface area (Å²) in [5.41, 5.74) is 6.88. The first-order valence-corrected chi connectivity index (χ1v) is 9.78. The second-order valence-corrected chi connectivity index (χ2v) is 7.75. The first kappa shape index (κ1) is 20.0. The Balaban J connectivity index is 1.50. The molecule has 1 aromatic carbocycles. The predicted octanol–water partition coefficient (Wildman–Crippen LogP) is 1.85. The van der Waals surface area contributed by atoms with Gasteiger partial charge >= 0.3 is 6.03 Å². The van der Waals surface area contributed by atoms with Gasteiger partial charge in [-0.15, -0.1) is 0 Å². The molecule has 2 aliphatic rings. The zero-order chi connectivity index (χ0) is 21.6. The molecule has 2 aromatic rings. The van der Waals surface area contributed by atoms with Crippen molar-refractivity contribution in [3.8, 4) is 5.69 Å². The topological polar surface area (TPSA) is 94.3 Å². The van der Waals surface area contributed by atoms with E-state index in [1.54, 1.807) is 13.3 Å². The van der Waals surface area contributed by atoms with Crippen molar-refractivity contribution in [1.82, 2.24) is 25.1 Å². The van der Waals surface area contributed by atoms with Gasteiger partial charge in [-0.2, -0.15) is 5.10 Å². The summed E-state index contributed by atoms with van der Waals surface area (Å²) in [6.07, 6.45) is 1.11. The van der Waals surface area contributed by atoms with E-state index in [2.05, 4.69) is 25.4 Å². The van der Waals surface area contributed by atoms with E-state index in [0.29, 0.717) is 11.0 Å². The number of carbonyl (C=O) groups excluding carboxylic acids is 2. The Morgan fingerprint density at radius 2 is 1.90 bits per heavy atom. The van der Waals surface area contributed by atoms with E-state index >= 15 is 0 Å². The molecule has 1 fully saturated rings. The fraction of sp³-hybridized carbons (Fsp3) is 0.300. The third-order valence-electron chi connectivity index (χ3n) is 5.36. The highest BCUT2D eigenvalue weighted by atomic mass is 35.5. The molecule has 2 atom stereocenters. The van der Waals surface area contributed by atoms with Crippen LogP contribution in [0.5, 0.6) is 0 Å². The van der Waals surface area contributed by atoms with Gasteiger partial charge in [-0.05, 0) is 44.2 Å². The van der Waals surface area contributed by atoms with Gasteiger partial charge in [0.25, 0.3) is 5.91 Å². The standard InChI is InChI=1S/C20H22ClN7O2/c1-11-9-13(12(2)28(11)15-7-5-14(21)6-8-15)10-22-25-19-23-16-17(24-19)26(3)20(30)27(4)18(16)29/h5-10,16-17H,1-4H3,(H2,23,24,25)/b22-10-/t16-,17-/m1/s1. The van der Waals surface area contributed by atoms with Crippen LogP contribution in [0.4, 0.5) is 4.79 Å². The van der Waals surface area contributed by atoms with Crippen LogP contribution in [0.1, 0.15) is 17.0 Å². The number of hydrogen-bond acceptors (Lipinski definition) is 6. The Hall–Kier alpha value is -3.33. The molecular weight excluding hydrogens is 406 g/mol. The summed E-state index contributed by atoms with van der Waals surface area (Å²) in [5, 5.41) is 7.95. The molecular formula is C20H22ClN7O2. The van der Waals surface area contributed by atoms with Gasteiger partial charge in [-0.3, -0.25) is 9.69 Å². The fourth-order valence-corrected chi connectivity index (χ4v) is 3.87. The molecule has 3 heterocycles. The number of nitrogens with zero attached hydrogens (tertiary/aromatic N) is 5. The zero-order valence-electron chi connectivity index (χ0n) is 17.0. The highest BCUT2D eigenvalue weighted by Crippen LogP contribution is 2.22. The van der Waals surface area contributed by atoms with Crippen molar-refractivity contribution >= 4 is 35.7 Å². The lowest BCUT2D eigenvalue weighted by molar-refractivity contribution is -0.133. The molecule has 0 spiro atoms. The van der Waals surface area contributed by atoms with E-state index in [4.69, 9.17) is 11.6 Å². The second kappa shape index (κ2) is 7.49. The number of carbonyl (C=O) groups is 2. The minimum atomic E-state index is -0.620. The molecule has 4 rings (SSSR count). The van der Waals surface area contributed by atoms with Crippen LogP contribution in [-0.2, 0) is 4.79 Å². The van der Waals surface area contributed by atoms with Gasteiger partial charge in [-0.1, -0.05) is 11.6 Å². The molecule has 156 valence electrons. The summed E-state index contributed by atoms with van der Waals surface area (Å²) >= 11 is 5.99. The number of halogens is 1. The van der Waals surface area contributed by atoms with Gasteiger partial charge in [-0.25, -0.2) is 15.2 Å². The number of amides is 3. The van der Waals surface area contributed by atoms with Crippen LogP contribution in [0.3, 0.4) is 0 Å². The molecule has 1 aromatic heterocycles. The van der Waals surface area contributed by atoms with Crippen molar-refractivity contribution in [2.24, 2.45) is 10.1 Å². The summed E-state index contributed by atoms with van der Waals surface area (Å²) in [5.74, 6) is 0.0233. The summed E-state index contributed by atoms with van der Waals surface area (Å²) < 4.78 is 2.12. The molecule has 2 aliphatic heterocycles. The number of rotatable bonds is 3. The SMILES string of the molecule is Cc1cc(/C=N\NC2=N[C@H]3[C@@H](N2)C(=O)N(C)C(=O)N3C)c(C)n1-c1ccc(Cl)cc1. The maximum Gasteiger partial charge on any atom is 0.328 e. The average molecular weight is 428 g/mol. The van der Waals surface area contributed by atoms with E-state index < -0.39 is 12.2 Å². The number of hydrazone groups is 1. The first-order valence-electron chi connectivity index (χ1n) is 9.40. The van der Waals surface area contributed by atoms with E-state index in [0.717, 1.165) is 27.5 Å². The first-order chi connectivity index (χ1) is 14.3. The smallest absolute Gasteiger partial charge is 0.328 e. The Morgan fingerprint density at radius 3 is 2.60 bits per heavy atom. The van der Waals surface area contributed by atoms with E-state index in [-0.39, 0.29) is 11.9 Å². The lowest BCUT2D eigenvalue weighted by Gasteiger charge is -2.36. The number of aryl methyl sites for hydroxylation is 1. The minimum absolute atomic E-state index is 0.320. The van der Waals surface area contributed by atoms with Crippen LogP contribution in [0.15, 0.2) is 40.4 Å². The molecule has 0 bridgehead atoms. The van der Waals surface area contributed by atoms with Crippen molar-refractivity contribution < 1.29 is 9.59 Å². The van der Waals surface area contributed by atoms with Crippen LogP contribution >= 0.6 is 11.6 Å². The highest BCUT2D eigenvalue weighted by molar-refractivity contribution is 6.30. The van der Waals surface area contributed by atoms with Crippen molar-refractivity contribution in [2.75, 3.05) is 14.1 Å². The molecule has 0 radical (unpaired) electrons. The van der Waals surface area contributed by atoms with Gasteiger partial charge in [0.05, 0.1) is 6.21 Å². The van der Waals surface area contributed by atoms with Crippen LogP contribution in [0.25, 0.3) is 5.69 Å². The van der Waals surface area contributed by atoms with Gasteiger partial charge in [0.15, 0.2) is 6.17 Å².